The molecule has 1 aromatic carbocycles. The van der Waals surface area contributed by atoms with Crippen molar-refractivity contribution in [2.45, 2.75) is 13.3 Å². The lowest BCUT2D eigenvalue weighted by molar-refractivity contribution is -0.145. The number of benzene rings is 1. The molecule has 0 aliphatic heterocycles. The average molecular weight is 289 g/mol. The van der Waals surface area contributed by atoms with Crippen LogP contribution in [0.4, 0.5) is 0 Å². The fourth-order valence-corrected chi connectivity index (χ4v) is 1.92. The van der Waals surface area contributed by atoms with E-state index in [2.05, 4.69) is 17.2 Å². The number of carbonyl (C=O) groups excluding carboxylic acids is 2. The fraction of sp³-hybridized carbons (Fsp3) is 0.375. The van der Waals surface area contributed by atoms with Gasteiger partial charge in [0.15, 0.2) is 0 Å². The van der Waals surface area contributed by atoms with Crippen molar-refractivity contribution in [2.75, 3.05) is 20.8 Å². The number of carbonyl (C=O) groups is 2. The van der Waals surface area contributed by atoms with Crippen LogP contribution in [-0.2, 0) is 20.7 Å². The normalized spacial score (nSPS) is 10.8. The molecule has 1 N–H and O–H groups in total. The maximum atomic E-state index is 11.8. The van der Waals surface area contributed by atoms with Gasteiger partial charge in [-0.05, 0) is 30.9 Å². The van der Waals surface area contributed by atoms with E-state index in [4.69, 9.17) is 9.47 Å². The van der Waals surface area contributed by atoms with Gasteiger partial charge in [-0.2, -0.15) is 0 Å². The van der Waals surface area contributed by atoms with E-state index >= 15 is 0 Å². The van der Waals surface area contributed by atoms with Gasteiger partial charge in [0.05, 0.1) is 20.1 Å². The molecule has 21 heavy (non-hydrogen) atoms. The van der Waals surface area contributed by atoms with E-state index < -0.39 is 11.8 Å². The summed E-state index contributed by atoms with van der Waals surface area (Å²) in [6, 6.07) is 7.43. The summed E-state index contributed by atoms with van der Waals surface area (Å²) in [4.78, 5) is 23.2. The lowest BCUT2D eigenvalue weighted by atomic mass is 9.98. The number of hydrogen-bond donors (Lipinski definition) is 1. The summed E-state index contributed by atoms with van der Waals surface area (Å²) in [5, 5.41) is 2.60. The van der Waals surface area contributed by atoms with E-state index in [1.807, 2.05) is 24.3 Å². The molecule has 1 rings (SSSR count). The van der Waals surface area contributed by atoms with Crippen LogP contribution in [0.1, 0.15) is 12.5 Å². The van der Waals surface area contributed by atoms with Gasteiger partial charge in [0, 0.05) is 6.54 Å². The molecule has 0 saturated heterocycles. The topological polar surface area (TPSA) is 64.6 Å². The molecular weight excluding hydrogens is 270 g/mol. The first-order valence-electron chi connectivity index (χ1n) is 6.52. The quantitative estimate of drug-likeness (QED) is 0.630. The van der Waals surface area contributed by atoms with E-state index in [9.17, 15) is 9.59 Å². The molecule has 0 aromatic heterocycles. The average Bonchev–Trinajstić information content (AvgIpc) is 2.51. The lowest BCUT2D eigenvalue weighted by Gasteiger charge is -2.16. The summed E-state index contributed by atoms with van der Waals surface area (Å²) in [6.45, 7) is 1.74. The van der Waals surface area contributed by atoms with Gasteiger partial charge in [-0.3, -0.25) is 9.59 Å². The molecule has 0 bridgehead atoms. The van der Waals surface area contributed by atoms with Gasteiger partial charge in [0.1, 0.15) is 5.75 Å². The van der Waals surface area contributed by atoms with E-state index in [0.717, 1.165) is 5.56 Å². The first-order chi connectivity index (χ1) is 10.1. The minimum atomic E-state index is -0.492. The molecule has 0 aliphatic rings. The molecule has 1 aromatic rings. The highest BCUT2D eigenvalue weighted by Crippen LogP contribution is 2.21. The Labute approximate surface area is 124 Å². The lowest BCUT2D eigenvalue weighted by Crippen LogP contribution is -2.34. The first kappa shape index (κ1) is 16.6. The van der Waals surface area contributed by atoms with Gasteiger partial charge >= 0.3 is 5.97 Å². The highest BCUT2D eigenvalue weighted by atomic mass is 16.5. The van der Waals surface area contributed by atoms with Crippen LogP contribution in [0.5, 0.6) is 5.75 Å². The van der Waals surface area contributed by atoms with Crippen molar-refractivity contribution in [1.82, 2.24) is 5.32 Å². The standard InChI is InChI=1S/C16H19NO4/c1-4-7-15(18)17-11-13(16(19)21-3)10-12-8-5-6-9-14(12)20-2/h5-6,8-9,13H,10-11H2,1-3H3,(H,17,18)/t13-/m1/s1. The third-order valence-electron chi connectivity index (χ3n) is 2.94. The Morgan fingerprint density at radius 3 is 2.62 bits per heavy atom. The second-order valence-corrected chi connectivity index (χ2v) is 4.32. The van der Waals surface area contributed by atoms with Crippen LogP contribution >= 0.6 is 0 Å². The maximum Gasteiger partial charge on any atom is 0.310 e. The van der Waals surface area contributed by atoms with Gasteiger partial charge in [0.2, 0.25) is 0 Å². The first-order valence-corrected chi connectivity index (χ1v) is 6.52. The molecule has 1 atom stereocenters. The Morgan fingerprint density at radius 2 is 2.00 bits per heavy atom. The fourth-order valence-electron chi connectivity index (χ4n) is 1.92. The number of para-hydroxylation sites is 1. The minimum absolute atomic E-state index is 0.165. The predicted molar refractivity (Wildman–Crippen MR) is 78.7 cm³/mol. The molecule has 0 fully saturated rings. The Hall–Kier alpha value is -2.48. The number of amides is 1. The number of esters is 1. The van der Waals surface area contributed by atoms with Gasteiger partial charge < -0.3 is 14.8 Å². The zero-order valence-electron chi connectivity index (χ0n) is 12.4. The largest absolute Gasteiger partial charge is 0.496 e. The van der Waals surface area contributed by atoms with Crippen LogP contribution in [0.25, 0.3) is 0 Å². The Bertz CT molecular complexity index is 557. The van der Waals surface area contributed by atoms with Gasteiger partial charge in [-0.15, -0.1) is 0 Å². The summed E-state index contributed by atoms with van der Waals surface area (Å²) in [6.07, 6.45) is 0.413. The smallest absolute Gasteiger partial charge is 0.310 e. The molecule has 0 spiro atoms. The SMILES string of the molecule is CC#CC(=O)NC[C@@H](Cc1ccccc1OC)C(=O)OC. The minimum Gasteiger partial charge on any atom is -0.496 e. The Morgan fingerprint density at radius 1 is 1.29 bits per heavy atom. The molecule has 112 valence electrons. The van der Waals surface area contributed by atoms with Crippen molar-refractivity contribution < 1.29 is 19.1 Å². The van der Waals surface area contributed by atoms with Crippen LogP contribution in [0.3, 0.4) is 0 Å². The second-order valence-electron chi connectivity index (χ2n) is 4.32. The van der Waals surface area contributed by atoms with E-state index in [-0.39, 0.29) is 12.5 Å². The summed E-state index contributed by atoms with van der Waals surface area (Å²) in [5.74, 6) is 4.29. The molecule has 0 radical (unpaired) electrons. The van der Waals surface area contributed by atoms with Gasteiger partial charge in [0.25, 0.3) is 5.91 Å². The molecule has 5 heteroatoms. The monoisotopic (exact) mass is 289 g/mol. The van der Waals surface area contributed by atoms with E-state index in [1.165, 1.54) is 7.11 Å². The number of rotatable bonds is 6. The molecule has 0 aliphatic carbocycles. The van der Waals surface area contributed by atoms with Crippen LogP contribution in [0.2, 0.25) is 0 Å². The Balaban J connectivity index is 2.80. The number of methoxy groups -OCH3 is 2. The van der Waals surface area contributed by atoms with Gasteiger partial charge in [-0.25, -0.2) is 0 Å². The van der Waals surface area contributed by atoms with Crippen LogP contribution < -0.4 is 10.1 Å². The molecule has 5 nitrogen and oxygen atoms in total. The van der Waals surface area contributed by atoms with Gasteiger partial charge in [-0.1, -0.05) is 24.1 Å². The molecule has 1 amide bonds. The molecular formula is C16H19NO4. The summed E-state index contributed by atoms with van der Waals surface area (Å²) >= 11 is 0. The van der Waals surface area contributed by atoms with Crippen LogP contribution in [-0.4, -0.2) is 32.6 Å². The van der Waals surface area contributed by atoms with Crippen molar-refractivity contribution in [1.29, 1.82) is 0 Å². The zero-order chi connectivity index (χ0) is 15.7. The number of hydrogen-bond acceptors (Lipinski definition) is 4. The molecule has 0 heterocycles. The number of nitrogens with one attached hydrogen (secondary N) is 1. The van der Waals surface area contributed by atoms with Crippen molar-refractivity contribution >= 4 is 11.9 Å². The highest BCUT2D eigenvalue weighted by molar-refractivity contribution is 5.93. The molecule has 0 unspecified atom stereocenters. The second kappa shape index (κ2) is 8.64. The van der Waals surface area contributed by atoms with Crippen molar-refractivity contribution in [3.05, 3.63) is 29.8 Å². The zero-order valence-corrected chi connectivity index (χ0v) is 12.4. The van der Waals surface area contributed by atoms with Crippen molar-refractivity contribution in [2.24, 2.45) is 5.92 Å². The highest BCUT2D eigenvalue weighted by Gasteiger charge is 2.21. The van der Waals surface area contributed by atoms with E-state index in [1.54, 1.807) is 14.0 Å². The van der Waals surface area contributed by atoms with E-state index in [0.29, 0.717) is 12.2 Å². The van der Waals surface area contributed by atoms with Crippen LogP contribution in [0.15, 0.2) is 24.3 Å². The summed E-state index contributed by atoms with van der Waals surface area (Å²) < 4.78 is 10.0. The third-order valence-corrected chi connectivity index (χ3v) is 2.94. The van der Waals surface area contributed by atoms with Crippen molar-refractivity contribution in [3.63, 3.8) is 0 Å². The number of ether oxygens (including phenoxy) is 2. The third kappa shape index (κ3) is 5.19. The predicted octanol–water partition coefficient (Wildman–Crippen LogP) is 1.17. The van der Waals surface area contributed by atoms with Crippen molar-refractivity contribution in [3.8, 4) is 17.6 Å². The maximum absolute atomic E-state index is 11.8. The van der Waals surface area contributed by atoms with Crippen LogP contribution in [0, 0.1) is 17.8 Å². The molecule has 0 saturated carbocycles. The summed E-state index contributed by atoms with van der Waals surface area (Å²) in [5.41, 5.74) is 0.881. The Kier molecular flexibility index (Phi) is 6.82. The summed E-state index contributed by atoms with van der Waals surface area (Å²) in [7, 11) is 2.90.